The van der Waals surface area contributed by atoms with Crippen LogP contribution < -0.4 is 4.90 Å². The van der Waals surface area contributed by atoms with Crippen LogP contribution in [0.3, 0.4) is 0 Å². The molecule has 0 spiro atoms. The molecule has 5 heteroatoms. The second-order valence-electron chi connectivity index (χ2n) is 8.04. The number of hydrogen-bond donors (Lipinski definition) is 0. The van der Waals surface area contributed by atoms with Crippen LogP contribution in [0.4, 0.5) is 5.69 Å². The van der Waals surface area contributed by atoms with Gasteiger partial charge in [0.15, 0.2) is 0 Å². The number of halogens is 1. The highest BCUT2D eigenvalue weighted by atomic mass is 35.5. The molecule has 144 valence electrons. The fourth-order valence-electron chi connectivity index (χ4n) is 5.62. The van der Waals surface area contributed by atoms with Crippen molar-refractivity contribution in [3.63, 3.8) is 0 Å². The van der Waals surface area contributed by atoms with E-state index in [9.17, 15) is 9.59 Å². The Labute approximate surface area is 178 Å². The second-order valence-corrected chi connectivity index (χ2v) is 8.63. The van der Waals surface area contributed by atoms with Crippen molar-refractivity contribution in [1.29, 1.82) is 5.26 Å². The first-order chi connectivity index (χ1) is 14.6. The Morgan fingerprint density at radius 2 is 1.40 bits per heavy atom. The molecule has 0 saturated carbocycles. The van der Waals surface area contributed by atoms with Crippen LogP contribution in [0.1, 0.15) is 33.7 Å². The number of carbonyl (C=O) groups is 2. The van der Waals surface area contributed by atoms with Gasteiger partial charge in [0.25, 0.3) is 0 Å². The molecule has 0 N–H and O–H groups in total. The summed E-state index contributed by atoms with van der Waals surface area (Å²) in [6.07, 6.45) is 0. The minimum atomic E-state index is -1.08. The lowest BCUT2D eigenvalue weighted by molar-refractivity contribution is -0.122. The van der Waals surface area contributed by atoms with Gasteiger partial charge in [-0.3, -0.25) is 9.59 Å². The summed E-state index contributed by atoms with van der Waals surface area (Å²) in [6, 6.07) is 24.4. The zero-order chi connectivity index (χ0) is 20.6. The highest BCUT2D eigenvalue weighted by Crippen LogP contribution is 2.65. The minimum Gasteiger partial charge on any atom is -0.274 e. The van der Waals surface area contributed by atoms with Crippen LogP contribution in [-0.2, 0) is 14.5 Å². The molecule has 1 aliphatic heterocycles. The first kappa shape index (κ1) is 17.4. The molecular formula is C25H15ClN2O2. The topological polar surface area (TPSA) is 61.2 Å². The van der Waals surface area contributed by atoms with Crippen LogP contribution in [0.15, 0.2) is 72.8 Å². The van der Waals surface area contributed by atoms with Crippen molar-refractivity contribution in [1.82, 2.24) is 0 Å². The number of anilines is 1. The van der Waals surface area contributed by atoms with Gasteiger partial charge in [-0.05, 0) is 46.5 Å². The highest BCUT2D eigenvalue weighted by molar-refractivity contribution is 6.33. The Morgan fingerprint density at radius 3 is 1.97 bits per heavy atom. The summed E-state index contributed by atoms with van der Waals surface area (Å²) in [5.74, 6) is -1.93. The van der Waals surface area contributed by atoms with E-state index in [4.69, 9.17) is 16.9 Å². The van der Waals surface area contributed by atoms with Crippen molar-refractivity contribution >= 4 is 29.1 Å². The molecule has 3 aromatic rings. The third kappa shape index (κ3) is 1.91. The van der Waals surface area contributed by atoms with Crippen molar-refractivity contribution in [3.8, 4) is 6.07 Å². The largest absolute Gasteiger partial charge is 0.274 e. The fourth-order valence-corrected chi connectivity index (χ4v) is 6.19. The van der Waals surface area contributed by atoms with E-state index in [1.54, 1.807) is 24.3 Å². The molecule has 3 aliphatic carbocycles. The smallest absolute Gasteiger partial charge is 0.240 e. The number of alkyl halides is 1. The molecular weight excluding hydrogens is 396 g/mol. The van der Waals surface area contributed by atoms with Crippen LogP contribution >= 0.6 is 11.6 Å². The third-order valence-electron chi connectivity index (χ3n) is 6.77. The standard InChI is InChI=1S/C25H15ClN2O2/c26-25-18-7-3-1-5-16(18)20(17-6-2-4-8-19(17)25)21-22(25)24(30)28(23(21)29)15-11-9-14(13-27)10-12-15/h1-12,20-22H/t20?,21-,22-,25?/m1/s1. The van der Waals surface area contributed by atoms with E-state index in [2.05, 4.69) is 6.07 Å². The number of rotatable bonds is 1. The maximum absolute atomic E-state index is 13.7. The highest BCUT2D eigenvalue weighted by Gasteiger charge is 2.67. The lowest BCUT2D eigenvalue weighted by Crippen LogP contribution is -2.50. The van der Waals surface area contributed by atoms with Gasteiger partial charge >= 0.3 is 0 Å². The van der Waals surface area contributed by atoms with E-state index in [0.29, 0.717) is 11.3 Å². The average Bonchev–Trinajstić information content (AvgIpc) is 3.06. The maximum Gasteiger partial charge on any atom is 0.240 e. The minimum absolute atomic E-state index is 0.206. The van der Waals surface area contributed by atoms with E-state index in [0.717, 1.165) is 22.3 Å². The summed E-state index contributed by atoms with van der Waals surface area (Å²) in [5, 5.41) is 9.06. The molecule has 1 heterocycles. The van der Waals surface area contributed by atoms with Crippen molar-refractivity contribution < 1.29 is 9.59 Å². The Balaban J connectivity index is 1.58. The Bertz CT molecular complexity index is 1240. The fraction of sp³-hybridized carbons (Fsp3) is 0.160. The number of benzene rings is 3. The molecule has 2 atom stereocenters. The maximum atomic E-state index is 13.7. The van der Waals surface area contributed by atoms with Crippen LogP contribution in [0.25, 0.3) is 0 Å². The van der Waals surface area contributed by atoms with E-state index < -0.39 is 16.7 Å². The van der Waals surface area contributed by atoms with Gasteiger partial charge < -0.3 is 0 Å². The Morgan fingerprint density at radius 1 is 0.833 bits per heavy atom. The van der Waals surface area contributed by atoms with Crippen LogP contribution in [0.5, 0.6) is 0 Å². The first-order valence-electron chi connectivity index (χ1n) is 9.83. The second kappa shape index (κ2) is 5.81. The van der Waals surface area contributed by atoms with Gasteiger partial charge in [0.2, 0.25) is 11.8 Å². The van der Waals surface area contributed by atoms with Crippen molar-refractivity contribution in [2.45, 2.75) is 10.8 Å². The third-order valence-corrected chi connectivity index (χ3v) is 7.41. The van der Waals surface area contributed by atoms with E-state index >= 15 is 0 Å². The molecule has 2 bridgehead atoms. The molecule has 0 aromatic heterocycles. The zero-order valence-electron chi connectivity index (χ0n) is 15.7. The predicted molar refractivity (Wildman–Crippen MR) is 112 cm³/mol. The van der Waals surface area contributed by atoms with Gasteiger partial charge in [-0.1, -0.05) is 48.5 Å². The average molecular weight is 411 g/mol. The molecule has 4 aliphatic rings. The summed E-state index contributed by atoms with van der Waals surface area (Å²) in [4.78, 5) is 27.5. The Hall–Kier alpha value is -3.42. The molecule has 7 rings (SSSR count). The molecule has 3 aromatic carbocycles. The molecule has 4 nitrogen and oxygen atoms in total. The number of nitriles is 1. The summed E-state index contributed by atoms with van der Waals surface area (Å²) >= 11 is 7.38. The first-order valence-corrected chi connectivity index (χ1v) is 10.2. The van der Waals surface area contributed by atoms with E-state index in [1.165, 1.54) is 4.90 Å². The van der Waals surface area contributed by atoms with Crippen LogP contribution in [-0.4, -0.2) is 11.8 Å². The number of nitrogens with zero attached hydrogens (tertiary/aromatic N) is 2. The monoisotopic (exact) mass is 410 g/mol. The molecule has 1 fully saturated rings. The van der Waals surface area contributed by atoms with Crippen molar-refractivity contribution in [2.75, 3.05) is 4.90 Å². The Kier molecular flexibility index (Phi) is 3.38. The number of hydrogen-bond acceptors (Lipinski definition) is 3. The van der Waals surface area contributed by atoms with Gasteiger partial charge in [-0.25, -0.2) is 4.90 Å². The lowest BCUT2D eigenvalue weighted by Gasteiger charge is -2.50. The van der Waals surface area contributed by atoms with E-state index in [-0.39, 0.29) is 17.7 Å². The van der Waals surface area contributed by atoms with Gasteiger partial charge in [-0.15, -0.1) is 11.6 Å². The lowest BCUT2D eigenvalue weighted by atomic mass is 9.54. The van der Waals surface area contributed by atoms with Gasteiger partial charge in [-0.2, -0.15) is 5.26 Å². The van der Waals surface area contributed by atoms with E-state index in [1.807, 2.05) is 48.5 Å². The quantitative estimate of drug-likeness (QED) is 0.443. The van der Waals surface area contributed by atoms with Crippen LogP contribution in [0.2, 0.25) is 0 Å². The SMILES string of the molecule is N#Cc1ccc(N2C(=O)[C@@H]3C4c5ccccc5C(Cl)(c5ccccc54)[C@H]3C2=O)cc1. The molecule has 1 saturated heterocycles. The summed E-state index contributed by atoms with van der Waals surface area (Å²) < 4.78 is 0. The zero-order valence-corrected chi connectivity index (χ0v) is 16.5. The summed E-state index contributed by atoms with van der Waals surface area (Å²) in [6.45, 7) is 0. The molecule has 2 amide bonds. The van der Waals surface area contributed by atoms with Gasteiger partial charge in [0, 0.05) is 5.92 Å². The summed E-state index contributed by atoms with van der Waals surface area (Å²) in [7, 11) is 0. The number of carbonyl (C=O) groups excluding carboxylic acids is 2. The van der Waals surface area contributed by atoms with Crippen LogP contribution in [0, 0.1) is 23.2 Å². The molecule has 0 radical (unpaired) electrons. The van der Waals surface area contributed by atoms with Crippen molar-refractivity contribution in [2.24, 2.45) is 11.8 Å². The van der Waals surface area contributed by atoms with Gasteiger partial charge in [0.1, 0.15) is 4.87 Å². The number of imide groups is 1. The summed E-state index contributed by atoms with van der Waals surface area (Å²) in [5.41, 5.74) is 4.83. The van der Waals surface area contributed by atoms with Gasteiger partial charge in [0.05, 0.1) is 29.2 Å². The number of amides is 2. The van der Waals surface area contributed by atoms with Crippen molar-refractivity contribution in [3.05, 3.63) is 101 Å². The normalized spacial score (nSPS) is 28.0. The predicted octanol–water partition coefficient (Wildman–Crippen LogP) is 4.31. The molecule has 30 heavy (non-hydrogen) atoms. The molecule has 0 unspecified atom stereocenters.